The van der Waals surface area contributed by atoms with Crippen LogP contribution in [0, 0.1) is 11.3 Å². The molecule has 2 N–H and O–H groups in total. The van der Waals surface area contributed by atoms with Crippen molar-refractivity contribution in [3.8, 4) is 11.8 Å². The van der Waals surface area contributed by atoms with E-state index in [0.717, 1.165) is 18.6 Å². The molecule has 0 saturated heterocycles. The van der Waals surface area contributed by atoms with Gasteiger partial charge in [-0.3, -0.25) is 0 Å². The van der Waals surface area contributed by atoms with Crippen molar-refractivity contribution in [2.75, 3.05) is 6.61 Å². The third kappa shape index (κ3) is 4.38. The SMILES string of the molecule is CCc1cccc(OCCCC(N)(C#N)CC)c1. The van der Waals surface area contributed by atoms with Crippen LogP contribution in [0.1, 0.15) is 38.7 Å². The molecule has 0 radical (unpaired) electrons. The van der Waals surface area contributed by atoms with Crippen LogP contribution < -0.4 is 10.5 Å². The fourth-order valence-corrected chi connectivity index (χ4v) is 1.74. The van der Waals surface area contributed by atoms with E-state index < -0.39 is 5.54 Å². The molecule has 3 heteroatoms. The maximum atomic E-state index is 8.95. The number of rotatable bonds is 7. The van der Waals surface area contributed by atoms with Gasteiger partial charge in [-0.05, 0) is 43.4 Å². The Morgan fingerprint density at radius 3 is 2.78 bits per heavy atom. The summed E-state index contributed by atoms with van der Waals surface area (Å²) in [6.45, 7) is 4.67. The van der Waals surface area contributed by atoms with Crippen molar-refractivity contribution in [3.05, 3.63) is 29.8 Å². The Hall–Kier alpha value is -1.53. The molecule has 0 aliphatic carbocycles. The quantitative estimate of drug-likeness (QED) is 0.752. The minimum absolute atomic E-state index is 0.605. The lowest BCUT2D eigenvalue weighted by Crippen LogP contribution is -2.37. The summed E-state index contributed by atoms with van der Waals surface area (Å²) >= 11 is 0. The molecule has 0 amide bonds. The number of nitriles is 1. The van der Waals surface area contributed by atoms with E-state index in [1.807, 2.05) is 19.1 Å². The zero-order chi connectivity index (χ0) is 13.4. The van der Waals surface area contributed by atoms with Crippen LogP contribution in [0.5, 0.6) is 5.75 Å². The van der Waals surface area contributed by atoms with E-state index in [2.05, 4.69) is 25.1 Å². The molecule has 1 rings (SSSR count). The minimum atomic E-state index is -0.700. The summed E-state index contributed by atoms with van der Waals surface area (Å²) in [5.41, 5.74) is 6.47. The molecular formula is C15H22N2O. The maximum absolute atomic E-state index is 8.95. The summed E-state index contributed by atoms with van der Waals surface area (Å²) in [5, 5.41) is 8.95. The zero-order valence-corrected chi connectivity index (χ0v) is 11.3. The highest BCUT2D eigenvalue weighted by Crippen LogP contribution is 2.16. The van der Waals surface area contributed by atoms with E-state index in [-0.39, 0.29) is 0 Å². The molecular weight excluding hydrogens is 224 g/mol. The highest BCUT2D eigenvalue weighted by molar-refractivity contribution is 5.28. The molecule has 0 bridgehead atoms. The Kier molecular flexibility index (Phi) is 5.67. The number of nitrogens with zero attached hydrogens (tertiary/aromatic N) is 1. The van der Waals surface area contributed by atoms with Crippen molar-refractivity contribution >= 4 is 0 Å². The van der Waals surface area contributed by atoms with Crippen molar-refractivity contribution < 1.29 is 4.74 Å². The molecule has 1 unspecified atom stereocenters. The van der Waals surface area contributed by atoms with E-state index in [1.165, 1.54) is 5.56 Å². The first-order valence-electron chi connectivity index (χ1n) is 6.55. The molecule has 3 nitrogen and oxygen atoms in total. The van der Waals surface area contributed by atoms with Crippen LogP contribution in [0.2, 0.25) is 0 Å². The molecule has 0 aliphatic rings. The smallest absolute Gasteiger partial charge is 0.119 e. The van der Waals surface area contributed by atoms with Gasteiger partial charge in [-0.15, -0.1) is 0 Å². The van der Waals surface area contributed by atoms with Gasteiger partial charge >= 0.3 is 0 Å². The van der Waals surface area contributed by atoms with E-state index in [4.69, 9.17) is 15.7 Å². The summed E-state index contributed by atoms with van der Waals surface area (Å²) in [7, 11) is 0. The molecule has 98 valence electrons. The number of hydrogen-bond acceptors (Lipinski definition) is 3. The average molecular weight is 246 g/mol. The van der Waals surface area contributed by atoms with Gasteiger partial charge in [0.15, 0.2) is 0 Å². The Labute approximate surface area is 110 Å². The lowest BCUT2D eigenvalue weighted by atomic mass is 9.94. The third-order valence-corrected chi connectivity index (χ3v) is 3.20. The van der Waals surface area contributed by atoms with Gasteiger partial charge in [0, 0.05) is 0 Å². The maximum Gasteiger partial charge on any atom is 0.119 e. The molecule has 1 aromatic carbocycles. The highest BCUT2D eigenvalue weighted by Gasteiger charge is 2.20. The van der Waals surface area contributed by atoms with Crippen molar-refractivity contribution in [3.63, 3.8) is 0 Å². The fourth-order valence-electron chi connectivity index (χ4n) is 1.74. The molecule has 0 saturated carbocycles. The van der Waals surface area contributed by atoms with Gasteiger partial charge in [-0.2, -0.15) is 5.26 Å². The lowest BCUT2D eigenvalue weighted by Gasteiger charge is -2.19. The van der Waals surface area contributed by atoms with E-state index in [0.29, 0.717) is 19.4 Å². The zero-order valence-electron chi connectivity index (χ0n) is 11.3. The van der Waals surface area contributed by atoms with Gasteiger partial charge in [0.25, 0.3) is 0 Å². The Morgan fingerprint density at radius 1 is 1.39 bits per heavy atom. The minimum Gasteiger partial charge on any atom is -0.494 e. The number of nitrogens with two attached hydrogens (primary N) is 1. The number of ether oxygens (including phenoxy) is 1. The Morgan fingerprint density at radius 2 is 2.17 bits per heavy atom. The van der Waals surface area contributed by atoms with Crippen LogP contribution in [0.15, 0.2) is 24.3 Å². The van der Waals surface area contributed by atoms with Crippen molar-refractivity contribution in [1.82, 2.24) is 0 Å². The molecule has 1 aromatic rings. The fraction of sp³-hybridized carbons (Fsp3) is 0.533. The second-order valence-electron chi connectivity index (χ2n) is 4.57. The van der Waals surface area contributed by atoms with Crippen LogP contribution >= 0.6 is 0 Å². The highest BCUT2D eigenvalue weighted by atomic mass is 16.5. The van der Waals surface area contributed by atoms with E-state index in [1.54, 1.807) is 0 Å². The molecule has 0 heterocycles. The van der Waals surface area contributed by atoms with Gasteiger partial charge in [0.2, 0.25) is 0 Å². The van der Waals surface area contributed by atoms with Crippen molar-refractivity contribution in [2.45, 2.75) is 45.1 Å². The van der Waals surface area contributed by atoms with Crippen LogP contribution in [-0.2, 0) is 6.42 Å². The van der Waals surface area contributed by atoms with Crippen molar-refractivity contribution in [2.24, 2.45) is 5.73 Å². The van der Waals surface area contributed by atoms with Gasteiger partial charge in [-0.1, -0.05) is 26.0 Å². The van der Waals surface area contributed by atoms with Crippen LogP contribution in [-0.4, -0.2) is 12.1 Å². The number of hydrogen-bond donors (Lipinski definition) is 1. The van der Waals surface area contributed by atoms with Crippen molar-refractivity contribution in [1.29, 1.82) is 5.26 Å². The van der Waals surface area contributed by atoms with Crippen LogP contribution in [0.4, 0.5) is 0 Å². The third-order valence-electron chi connectivity index (χ3n) is 3.20. The monoisotopic (exact) mass is 246 g/mol. The van der Waals surface area contributed by atoms with Crippen LogP contribution in [0.25, 0.3) is 0 Å². The molecule has 0 aliphatic heterocycles. The summed E-state index contributed by atoms with van der Waals surface area (Å²) in [6, 6.07) is 10.3. The predicted octanol–water partition coefficient (Wildman–Crippen LogP) is 3.04. The molecule has 1 atom stereocenters. The van der Waals surface area contributed by atoms with Gasteiger partial charge in [0.05, 0.1) is 12.7 Å². The normalized spacial score (nSPS) is 13.7. The predicted molar refractivity (Wildman–Crippen MR) is 73.4 cm³/mol. The molecule has 0 spiro atoms. The Bertz CT molecular complexity index is 411. The number of aryl methyl sites for hydroxylation is 1. The summed E-state index contributed by atoms with van der Waals surface area (Å²) in [5.74, 6) is 0.894. The summed E-state index contributed by atoms with van der Waals surface area (Å²) in [4.78, 5) is 0. The van der Waals surface area contributed by atoms with E-state index >= 15 is 0 Å². The first-order valence-corrected chi connectivity index (χ1v) is 6.55. The summed E-state index contributed by atoms with van der Waals surface area (Å²) < 4.78 is 5.67. The molecule has 0 fully saturated rings. The van der Waals surface area contributed by atoms with E-state index in [9.17, 15) is 0 Å². The Balaban J connectivity index is 2.36. The first-order chi connectivity index (χ1) is 8.63. The van der Waals surface area contributed by atoms with Crippen LogP contribution in [0.3, 0.4) is 0 Å². The second kappa shape index (κ2) is 7.03. The van der Waals surface area contributed by atoms with Gasteiger partial charge in [0.1, 0.15) is 11.3 Å². The molecule has 0 aromatic heterocycles. The first kappa shape index (κ1) is 14.5. The molecule has 18 heavy (non-hydrogen) atoms. The average Bonchev–Trinajstić information content (AvgIpc) is 2.43. The standard InChI is InChI=1S/C15H22N2O/c1-3-13-7-5-8-14(11-13)18-10-6-9-15(17,4-2)12-16/h5,7-8,11H,3-4,6,9-10,17H2,1-2H3. The van der Waals surface area contributed by atoms with Gasteiger partial charge in [-0.25, -0.2) is 0 Å². The topological polar surface area (TPSA) is 59.0 Å². The number of benzene rings is 1. The summed E-state index contributed by atoms with van der Waals surface area (Å²) in [6.07, 6.45) is 3.16. The second-order valence-corrected chi connectivity index (χ2v) is 4.57. The van der Waals surface area contributed by atoms with Gasteiger partial charge < -0.3 is 10.5 Å². The largest absolute Gasteiger partial charge is 0.494 e. The lowest BCUT2D eigenvalue weighted by molar-refractivity contribution is 0.291.